The van der Waals surface area contributed by atoms with Gasteiger partial charge in [-0.3, -0.25) is 15.3 Å². The zero-order chi connectivity index (χ0) is 15.6. The highest BCUT2D eigenvalue weighted by Gasteiger charge is 2.25. The van der Waals surface area contributed by atoms with E-state index in [0.717, 1.165) is 11.6 Å². The molecule has 110 valence electrons. The molecule has 0 aliphatic heterocycles. The second-order valence-electron chi connectivity index (χ2n) is 4.34. The lowest BCUT2D eigenvalue weighted by Crippen LogP contribution is -2.27. The zero-order valence-electron chi connectivity index (χ0n) is 11.0. The average Bonchev–Trinajstić information content (AvgIpc) is 2.47. The molecule has 0 unspecified atom stereocenters. The van der Waals surface area contributed by atoms with Gasteiger partial charge < -0.3 is 0 Å². The average molecular weight is 308 g/mol. The molecule has 0 fully saturated rings. The molecule has 0 heterocycles. The molecule has 7 nitrogen and oxygen atoms in total. The van der Waals surface area contributed by atoms with Gasteiger partial charge in [-0.05, 0) is 25.1 Å². The molecule has 0 amide bonds. The molecule has 0 saturated carbocycles. The van der Waals surface area contributed by atoms with Crippen molar-refractivity contribution in [2.75, 3.05) is 4.47 Å². The zero-order valence-corrected chi connectivity index (χ0v) is 11.8. The molecule has 0 atom stereocenters. The topological polar surface area (TPSA) is 101 Å². The summed E-state index contributed by atoms with van der Waals surface area (Å²) in [4.78, 5) is 9.63. The number of sulfonamides is 1. The Morgan fingerprint density at radius 2 is 1.76 bits per heavy atom. The van der Waals surface area contributed by atoms with E-state index in [1.165, 1.54) is 30.3 Å². The van der Waals surface area contributed by atoms with E-state index in [0.29, 0.717) is 0 Å². The Kier molecular flexibility index (Phi) is 3.92. The van der Waals surface area contributed by atoms with Gasteiger partial charge in [0, 0.05) is 12.1 Å². The first-order chi connectivity index (χ1) is 9.82. The van der Waals surface area contributed by atoms with Crippen LogP contribution in [0.15, 0.2) is 53.4 Å². The Balaban J connectivity index is 2.44. The molecule has 2 aromatic carbocycles. The first-order valence-corrected chi connectivity index (χ1v) is 7.32. The minimum atomic E-state index is -4.28. The van der Waals surface area contributed by atoms with Gasteiger partial charge in [-0.25, -0.2) is 0 Å². The van der Waals surface area contributed by atoms with Crippen molar-refractivity contribution in [2.45, 2.75) is 11.8 Å². The fourth-order valence-electron chi connectivity index (χ4n) is 1.67. The Morgan fingerprint density at radius 3 is 2.33 bits per heavy atom. The quantitative estimate of drug-likeness (QED) is 0.690. The normalized spacial score (nSPS) is 11.1. The van der Waals surface area contributed by atoms with Crippen LogP contribution in [0.2, 0.25) is 0 Å². The molecule has 1 N–H and O–H groups in total. The first-order valence-electron chi connectivity index (χ1n) is 5.88. The van der Waals surface area contributed by atoms with E-state index in [1.807, 2.05) is 6.92 Å². The summed E-state index contributed by atoms with van der Waals surface area (Å²) in [7, 11) is -4.28. The second kappa shape index (κ2) is 5.51. The Bertz CT molecular complexity index is 771. The fourth-order valence-corrected chi connectivity index (χ4v) is 2.79. The van der Waals surface area contributed by atoms with E-state index in [9.17, 15) is 23.7 Å². The molecular weight excluding hydrogens is 296 g/mol. The van der Waals surface area contributed by atoms with Crippen molar-refractivity contribution in [3.63, 3.8) is 0 Å². The number of nitro benzene ring substituents is 1. The van der Waals surface area contributed by atoms with E-state index < -0.39 is 14.9 Å². The van der Waals surface area contributed by atoms with Gasteiger partial charge in [-0.15, -0.1) is 4.47 Å². The molecule has 8 heteroatoms. The van der Waals surface area contributed by atoms with E-state index >= 15 is 0 Å². The summed E-state index contributed by atoms with van der Waals surface area (Å²) in [6, 6.07) is 10.6. The molecule has 0 saturated heterocycles. The van der Waals surface area contributed by atoms with E-state index in [1.54, 1.807) is 12.1 Å². The lowest BCUT2D eigenvalue weighted by Gasteiger charge is -2.17. The van der Waals surface area contributed by atoms with Crippen LogP contribution in [0.4, 0.5) is 11.4 Å². The van der Waals surface area contributed by atoms with Crippen molar-refractivity contribution >= 4 is 21.4 Å². The smallest absolute Gasteiger partial charge is 0.274 e. The summed E-state index contributed by atoms with van der Waals surface area (Å²) >= 11 is 0. The van der Waals surface area contributed by atoms with Crippen molar-refractivity contribution < 1.29 is 18.5 Å². The van der Waals surface area contributed by atoms with Crippen LogP contribution < -0.4 is 4.47 Å². The largest absolute Gasteiger partial charge is 0.286 e. The minimum Gasteiger partial charge on any atom is -0.274 e. The third-order valence-electron chi connectivity index (χ3n) is 2.81. The van der Waals surface area contributed by atoms with Crippen LogP contribution in [0, 0.1) is 17.0 Å². The molecule has 0 aliphatic rings. The summed E-state index contributed by atoms with van der Waals surface area (Å²) < 4.78 is 24.6. The maximum atomic E-state index is 12.2. The number of rotatable bonds is 4. The number of nitro groups is 1. The molecule has 0 spiro atoms. The summed E-state index contributed by atoms with van der Waals surface area (Å²) in [5.74, 6) is 0. The van der Waals surface area contributed by atoms with Crippen LogP contribution in [0.25, 0.3) is 0 Å². The van der Waals surface area contributed by atoms with Crippen molar-refractivity contribution in [2.24, 2.45) is 0 Å². The number of hydrogen-bond donors (Lipinski definition) is 1. The van der Waals surface area contributed by atoms with Gasteiger partial charge in [0.2, 0.25) is 0 Å². The van der Waals surface area contributed by atoms with Crippen molar-refractivity contribution in [1.29, 1.82) is 0 Å². The number of nitrogens with zero attached hydrogens (tertiary/aromatic N) is 2. The maximum Gasteiger partial charge on any atom is 0.286 e. The maximum absolute atomic E-state index is 12.2. The predicted octanol–water partition coefficient (Wildman–Crippen LogP) is 2.49. The Hall–Kier alpha value is -2.45. The highest BCUT2D eigenvalue weighted by Crippen LogP contribution is 2.24. The minimum absolute atomic E-state index is 0.0482. The number of hydrogen-bond acceptors (Lipinski definition) is 5. The summed E-state index contributed by atoms with van der Waals surface area (Å²) in [5.41, 5.74) is 0.584. The molecule has 0 aromatic heterocycles. The van der Waals surface area contributed by atoms with Crippen LogP contribution in [0.5, 0.6) is 0 Å². The van der Waals surface area contributed by atoms with Crippen LogP contribution >= 0.6 is 0 Å². The van der Waals surface area contributed by atoms with Crippen molar-refractivity contribution in [1.82, 2.24) is 0 Å². The summed E-state index contributed by atoms with van der Waals surface area (Å²) in [6.07, 6.45) is 0. The number of anilines is 1. The molecule has 0 bridgehead atoms. The van der Waals surface area contributed by atoms with E-state index in [4.69, 9.17) is 0 Å². The lowest BCUT2D eigenvalue weighted by atomic mass is 10.2. The van der Waals surface area contributed by atoms with Crippen LogP contribution in [-0.4, -0.2) is 18.5 Å². The molecule has 2 rings (SSSR count). The first kappa shape index (κ1) is 14.9. The van der Waals surface area contributed by atoms with Crippen LogP contribution in [-0.2, 0) is 10.0 Å². The summed E-state index contributed by atoms with van der Waals surface area (Å²) in [6.45, 7) is 1.82. The van der Waals surface area contributed by atoms with Gasteiger partial charge in [0.1, 0.15) is 0 Å². The molecule has 21 heavy (non-hydrogen) atoms. The SMILES string of the molecule is Cc1ccc(N(O)S(=O)(=O)c2cccc([N+](=O)[O-])c2)cc1. The number of non-ortho nitro benzene ring substituents is 1. The number of benzene rings is 2. The van der Waals surface area contributed by atoms with Gasteiger partial charge in [-0.1, -0.05) is 23.8 Å². The Labute approximate surface area is 121 Å². The van der Waals surface area contributed by atoms with Gasteiger partial charge in [0.05, 0.1) is 15.5 Å². The second-order valence-corrected chi connectivity index (χ2v) is 6.11. The van der Waals surface area contributed by atoms with Crippen molar-refractivity contribution in [3.05, 3.63) is 64.2 Å². The van der Waals surface area contributed by atoms with Gasteiger partial charge >= 0.3 is 0 Å². The Morgan fingerprint density at radius 1 is 1.14 bits per heavy atom. The van der Waals surface area contributed by atoms with E-state index in [-0.39, 0.29) is 20.7 Å². The molecule has 0 radical (unpaired) electrons. The van der Waals surface area contributed by atoms with Gasteiger partial charge in [0.25, 0.3) is 15.7 Å². The third-order valence-corrected chi connectivity index (χ3v) is 4.32. The predicted molar refractivity (Wildman–Crippen MR) is 75.7 cm³/mol. The van der Waals surface area contributed by atoms with Crippen molar-refractivity contribution in [3.8, 4) is 0 Å². The highest BCUT2D eigenvalue weighted by atomic mass is 32.2. The monoisotopic (exact) mass is 308 g/mol. The van der Waals surface area contributed by atoms with Crippen LogP contribution in [0.1, 0.15) is 5.56 Å². The molecular formula is C13H12N2O5S. The third kappa shape index (κ3) is 3.01. The fraction of sp³-hybridized carbons (Fsp3) is 0.0769. The van der Waals surface area contributed by atoms with Crippen LogP contribution in [0.3, 0.4) is 0 Å². The van der Waals surface area contributed by atoms with Gasteiger partial charge in [-0.2, -0.15) is 8.42 Å². The van der Waals surface area contributed by atoms with E-state index in [2.05, 4.69) is 0 Å². The highest BCUT2D eigenvalue weighted by molar-refractivity contribution is 7.92. The standard InChI is InChI=1S/C13H12N2O5S/c1-10-5-7-11(8-6-10)15(18)21(19,20)13-4-2-3-12(9-13)14(16)17/h2-9,18H,1H3. The lowest BCUT2D eigenvalue weighted by molar-refractivity contribution is -0.385. The summed E-state index contributed by atoms with van der Waals surface area (Å²) in [5, 5.41) is 20.6. The number of aryl methyl sites for hydroxylation is 1. The molecule has 0 aliphatic carbocycles. The molecule has 2 aromatic rings. The van der Waals surface area contributed by atoms with Gasteiger partial charge in [0.15, 0.2) is 0 Å².